The lowest BCUT2D eigenvalue weighted by molar-refractivity contribution is -0.0141. The number of nitrogens with zero attached hydrogens (tertiary/aromatic N) is 2. The molecule has 1 aliphatic rings. The van der Waals surface area contributed by atoms with Crippen LogP contribution in [-0.4, -0.2) is 54.0 Å². The fourth-order valence-electron chi connectivity index (χ4n) is 3.26. The first kappa shape index (κ1) is 27.1. The van der Waals surface area contributed by atoms with Crippen LogP contribution in [-0.2, 0) is 9.47 Å². The Morgan fingerprint density at radius 3 is 2.68 bits per heavy atom. The predicted octanol–water partition coefficient (Wildman–Crippen LogP) is 6.13. The molecule has 2 heterocycles. The van der Waals surface area contributed by atoms with E-state index in [4.69, 9.17) is 14.2 Å². The molecule has 0 spiro atoms. The molecule has 184 valence electrons. The smallest absolute Gasteiger partial charge is 0.410 e. The maximum atomic E-state index is 12.3. The van der Waals surface area contributed by atoms with E-state index in [1.165, 1.54) is 0 Å². The standard InChI is InChI=1S/C28H38N2O4/c1-8-10-23(9-2)19-32-14-12-21(3)15-22(4)24-16-26(18-29-17-24)33-20-25-11-13-30(25)27(31)34-28(5,6)7/h8-10,15-18,25H,1-3,11-14,19-20H2,4-7H3/b22-15+,23-10+. The highest BCUT2D eigenvalue weighted by atomic mass is 16.6. The minimum Gasteiger partial charge on any atom is -0.490 e. The average Bonchev–Trinajstić information content (AvgIpc) is 2.74. The third-order valence-electron chi connectivity index (χ3n) is 5.23. The summed E-state index contributed by atoms with van der Waals surface area (Å²) >= 11 is 0. The van der Waals surface area contributed by atoms with Crippen molar-refractivity contribution in [3.05, 3.63) is 79.2 Å². The van der Waals surface area contributed by atoms with Crippen molar-refractivity contribution in [2.45, 2.75) is 52.2 Å². The molecule has 0 N–H and O–H groups in total. The lowest BCUT2D eigenvalue weighted by Gasteiger charge is -2.40. The van der Waals surface area contributed by atoms with Gasteiger partial charge in [-0.25, -0.2) is 4.79 Å². The van der Waals surface area contributed by atoms with Gasteiger partial charge in [0.25, 0.3) is 0 Å². The summed E-state index contributed by atoms with van der Waals surface area (Å²) in [5, 5.41) is 0. The zero-order valence-electron chi connectivity index (χ0n) is 21.0. The van der Waals surface area contributed by atoms with Gasteiger partial charge < -0.3 is 19.1 Å². The summed E-state index contributed by atoms with van der Waals surface area (Å²) in [5.41, 5.74) is 3.46. The van der Waals surface area contributed by atoms with Crippen molar-refractivity contribution >= 4 is 11.7 Å². The fraction of sp³-hybridized carbons (Fsp3) is 0.429. The molecule has 1 aromatic heterocycles. The average molecular weight is 467 g/mol. The highest BCUT2D eigenvalue weighted by Gasteiger charge is 2.35. The normalized spacial score (nSPS) is 16.5. The second-order valence-electron chi connectivity index (χ2n) is 9.31. The molecule has 0 saturated carbocycles. The molecule has 1 unspecified atom stereocenters. The summed E-state index contributed by atoms with van der Waals surface area (Å²) in [7, 11) is 0. The van der Waals surface area contributed by atoms with Gasteiger partial charge in [0, 0.05) is 12.7 Å². The van der Waals surface area contributed by atoms with E-state index in [-0.39, 0.29) is 12.1 Å². The van der Waals surface area contributed by atoms with Gasteiger partial charge in [-0.3, -0.25) is 4.98 Å². The third kappa shape index (κ3) is 9.02. The van der Waals surface area contributed by atoms with Gasteiger partial charge in [0.05, 0.1) is 25.5 Å². The van der Waals surface area contributed by atoms with Crippen molar-refractivity contribution in [3.63, 3.8) is 0 Å². The van der Waals surface area contributed by atoms with Crippen LogP contribution in [0.15, 0.2) is 73.6 Å². The minimum atomic E-state index is -0.507. The second-order valence-corrected chi connectivity index (χ2v) is 9.31. The van der Waals surface area contributed by atoms with Crippen LogP contribution in [0.5, 0.6) is 5.75 Å². The Hall–Kier alpha value is -3.12. The van der Waals surface area contributed by atoms with E-state index in [0.717, 1.165) is 35.1 Å². The predicted molar refractivity (Wildman–Crippen MR) is 138 cm³/mol. The Balaban J connectivity index is 1.84. The molecule has 1 amide bonds. The molecule has 1 aliphatic heterocycles. The van der Waals surface area contributed by atoms with E-state index in [1.54, 1.807) is 29.4 Å². The number of carbonyl (C=O) groups excluding carboxylic acids is 1. The molecule has 0 aliphatic carbocycles. The minimum absolute atomic E-state index is 0.0119. The molecule has 0 aromatic carbocycles. The van der Waals surface area contributed by atoms with Crippen LogP contribution in [0.3, 0.4) is 0 Å². The molecule has 1 atom stereocenters. The first-order chi connectivity index (χ1) is 16.1. The molecule has 0 bridgehead atoms. The number of hydrogen-bond donors (Lipinski definition) is 0. The van der Waals surface area contributed by atoms with E-state index in [1.807, 2.05) is 45.9 Å². The highest BCUT2D eigenvalue weighted by Crippen LogP contribution is 2.24. The Morgan fingerprint density at radius 2 is 2.06 bits per heavy atom. The maximum Gasteiger partial charge on any atom is 0.410 e. The lowest BCUT2D eigenvalue weighted by atomic mass is 10.0. The monoisotopic (exact) mass is 466 g/mol. The number of amides is 1. The topological polar surface area (TPSA) is 60.9 Å². The SMILES string of the molecule is C=C/C=C(\C=C)COCCC(=C)/C=C(\C)c1cncc(OCC2CCN2C(=O)OC(C)(C)C)c1. The number of aromatic nitrogens is 1. The third-order valence-corrected chi connectivity index (χ3v) is 5.23. The Bertz CT molecular complexity index is 940. The number of pyridine rings is 1. The Kier molecular flexibility index (Phi) is 10.3. The molecule has 6 nitrogen and oxygen atoms in total. The van der Waals surface area contributed by atoms with Crippen LogP contribution in [0.1, 0.15) is 46.1 Å². The van der Waals surface area contributed by atoms with Gasteiger partial charge >= 0.3 is 6.09 Å². The van der Waals surface area contributed by atoms with Crippen molar-refractivity contribution in [2.24, 2.45) is 0 Å². The van der Waals surface area contributed by atoms with E-state index in [9.17, 15) is 4.79 Å². The molecular formula is C28H38N2O4. The van der Waals surface area contributed by atoms with E-state index in [0.29, 0.717) is 32.1 Å². The molecule has 0 radical (unpaired) electrons. The van der Waals surface area contributed by atoms with Gasteiger partial charge in [0.1, 0.15) is 18.0 Å². The molecule has 6 heteroatoms. The molecule has 1 aromatic rings. The Labute approximate surface area is 204 Å². The summed E-state index contributed by atoms with van der Waals surface area (Å²) in [5.74, 6) is 0.668. The van der Waals surface area contributed by atoms with Gasteiger partial charge in [0.15, 0.2) is 0 Å². The summed E-state index contributed by atoms with van der Waals surface area (Å²) < 4.78 is 17.1. The summed E-state index contributed by atoms with van der Waals surface area (Å²) in [6.45, 7) is 21.4. The van der Waals surface area contributed by atoms with Crippen molar-refractivity contribution in [1.82, 2.24) is 9.88 Å². The number of hydrogen-bond acceptors (Lipinski definition) is 5. The van der Waals surface area contributed by atoms with Gasteiger partial charge in [-0.1, -0.05) is 49.6 Å². The zero-order chi connectivity index (χ0) is 25.1. The van der Waals surface area contributed by atoms with Crippen molar-refractivity contribution in [2.75, 3.05) is 26.4 Å². The number of likely N-dealkylation sites (tertiary alicyclic amines) is 1. The van der Waals surface area contributed by atoms with Crippen LogP contribution >= 0.6 is 0 Å². The molecular weight excluding hydrogens is 428 g/mol. The maximum absolute atomic E-state index is 12.3. The molecule has 34 heavy (non-hydrogen) atoms. The van der Waals surface area contributed by atoms with Gasteiger partial charge in [-0.15, -0.1) is 0 Å². The first-order valence-corrected chi connectivity index (χ1v) is 11.6. The second kappa shape index (κ2) is 12.9. The molecule has 1 fully saturated rings. The van der Waals surface area contributed by atoms with Crippen LogP contribution in [0, 0.1) is 0 Å². The van der Waals surface area contributed by atoms with Gasteiger partial charge in [-0.05, 0) is 63.3 Å². The molecule has 1 saturated heterocycles. The van der Waals surface area contributed by atoms with E-state index < -0.39 is 5.60 Å². The Morgan fingerprint density at radius 1 is 1.29 bits per heavy atom. The van der Waals surface area contributed by atoms with Gasteiger partial charge in [0.2, 0.25) is 0 Å². The van der Waals surface area contributed by atoms with Crippen LogP contribution in [0.2, 0.25) is 0 Å². The summed E-state index contributed by atoms with van der Waals surface area (Å²) in [6, 6.07) is 1.97. The van der Waals surface area contributed by atoms with Gasteiger partial charge in [-0.2, -0.15) is 0 Å². The number of ether oxygens (including phenoxy) is 3. The fourth-order valence-corrected chi connectivity index (χ4v) is 3.26. The lowest BCUT2D eigenvalue weighted by Crippen LogP contribution is -2.55. The number of carbonyl (C=O) groups is 1. The number of allylic oxidation sites excluding steroid dienone is 4. The highest BCUT2D eigenvalue weighted by molar-refractivity contribution is 5.69. The van der Waals surface area contributed by atoms with Crippen molar-refractivity contribution in [1.29, 1.82) is 0 Å². The first-order valence-electron chi connectivity index (χ1n) is 11.6. The largest absolute Gasteiger partial charge is 0.490 e. The summed E-state index contributed by atoms with van der Waals surface area (Å²) in [6.07, 6.45) is 12.2. The van der Waals surface area contributed by atoms with Crippen LogP contribution < -0.4 is 4.74 Å². The van der Waals surface area contributed by atoms with Crippen molar-refractivity contribution < 1.29 is 19.0 Å². The van der Waals surface area contributed by atoms with E-state index in [2.05, 4.69) is 24.7 Å². The molecule has 2 rings (SSSR count). The quantitative estimate of drug-likeness (QED) is 0.274. The zero-order valence-corrected chi connectivity index (χ0v) is 21.0. The van der Waals surface area contributed by atoms with Crippen LogP contribution in [0.25, 0.3) is 5.57 Å². The van der Waals surface area contributed by atoms with Crippen molar-refractivity contribution in [3.8, 4) is 5.75 Å². The summed E-state index contributed by atoms with van der Waals surface area (Å²) in [4.78, 5) is 18.3. The number of rotatable bonds is 12. The van der Waals surface area contributed by atoms with E-state index >= 15 is 0 Å². The van der Waals surface area contributed by atoms with Crippen LogP contribution in [0.4, 0.5) is 4.79 Å².